The third-order valence-electron chi connectivity index (χ3n) is 6.65. The Morgan fingerprint density at radius 1 is 0.842 bits per heavy atom. The number of hydrogen-bond acceptors (Lipinski definition) is 5. The van der Waals surface area contributed by atoms with Gasteiger partial charge in [0.1, 0.15) is 6.10 Å². The molecule has 5 rings (SSSR count). The molecule has 4 aromatic rings. The van der Waals surface area contributed by atoms with Crippen LogP contribution < -0.4 is 0 Å². The van der Waals surface area contributed by atoms with Crippen LogP contribution in [0.3, 0.4) is 0 Å². The molecule has 1 amide bonds. The number of piperidine rings is 1. The molecule has 194 valence electrons. The van der Waals surface area contributed by atoms with Gasteiger partial charge in [0.2, 0.25) is 9.84 Å². The molecule has 0 radical (unpaired) electrons. The highest BCUT2D eigenvalue weighted by molar-refractivity contribution is 7.91. The van der Waals surface area contributed by atoms with E-state index in [-0.39, 0.29) is 27.9 Å². The second-order valence-corrected chi connectivity index (χ2v) is 11.5. The van der Waals surface area contributed by atoms with Crippen LogP contribution in [0.2, 0.25) is 5.02 Å². The van der Waals surface area contributed by atoms with Gasteiger partial charge < -0.3 is 9.64 Å². The Morgan fingerprint density at radius 3 is 2.11 bits per heavy atom. The first-order valence-corrected chi connectivity index (χ1v) is 14.3. The van der Waals surface area contributed by atoms with Crippen molar-refractivity contribution in [1.82, 2.24) is 9.88 Å². The van der Waals surface area contributed by atoms with Gasteiger partial charge in [-0.2, -0.15) is 0 Å². The van der Waals surface area contributed by atoms with E-state index in [0.29, 0.717) is 36.5 Å². The van der Waals surface area contributed by atoms with Gasteiger partial charge in [0.25, 0.3) is 5.91 Å². The number of halogens is 1. The second-order valence-electron chi connectivity index (χ2n) is 9.15. The first-order valence-electron chi connectivity index (χ1n) is 12.4. The Bertz CT molecular complexity index is 1470. The minimum atomic E-state index is -3.63. The van der Waals surface area contributed by atoms with Crippen LogP contribution in [0, 0.1) is 0 Å². The van der Waals surface area contributed by atoms with Crippen molar-refractivity contribution < 1.29 is 17.9 Å². The maximum atomic E-state index is 13.1. The van der Waals surface area contributed by atoms with Gasteiger partial charge in [0, 0.05) is 29.9 Å². The minimum Gasteiger partial charge on any atom is -0.364 e. The number of sulfone groups is 1. The zero-order chi connectivity index (χ0) is 26.5. The Balaban J connectivity index is 1.23. The molecule has 38 heavy (non-hydrogen) atoms. The summed E-state index contributed by atoms with van der Waals surface area (Å²) in [5.74, 6) is -0.119. The zero-order valence-corrected chi connectivity index (χ0v) is 22.2. The number of carbonyl (C=O) groups is 1. The van der Waals surface area contributed by atoms with Crippen LogP contribution in [0.1, 0.15) is 40.6 Å². The van der Waals surface area contributed by atoms with Crippen LogP contribution in [0.4, 0.5) is 0 Å². The summed E-state index contributed by atoms with van der Waals surface area (Å²) in [6, 6.07) is 27.7. The van der Waals surface area contributed by atoms with E-state index in [4.69, 9.17) is 16.3 Å². The first-order chi connectivity index (χ1) is 18.4. The maximum Gasteiger partial charge on any atom is 0.253 e. The molecule has 0 saturated carbocycles. The quantitative estimate of drug-likeness (QED) is 0.285. The predicted octanol–water partition coefficient (Wildman–Crippen LogP) is 5.98. The van der Waals surface area contributed by atoms with Crippen molar-refractivity contribution in [2.45, 2.75) is 34.8 Å². The topological polar surface area (TPSA) is 76.6 Å². The molecule has 1 aliphatic heterocycles. The second kappa shape index (κ2) is 11.5. The normalized spacial score (nSPS) is 15.2. The number of amides is 1. The van der Waals surface area contributed by atoms with Gasteiger partial charge in [-0.05, 0) is 79.1 Å². The van der Waals surface area contributed by atoms with Gasteiger partial charge in [0.05, 0.1) is 21.6 Å². The van der Waals surface area contributed by atoms with E-state index in [0.717, 1.165) is 11.3 Å². The largest absolute Gasteiger partial charge is 0.364 e. The molecule has 3 aromatic carbocycles. The monoisotopic (exact) mass is 546 g/mol. The molecule has 0 bridgehead atoms. The number of likely N-dealkylation sites (tertiary alicyclic amines) is 1. The summed E-state index contributed by atoms with van der Waals surface area (Å²) in [5.41, 5.74) is 2.25. The van der Waals surface area contributed by atoms with E-state index in [2.05, 4.69) is 4.98 Å². The van der Waals surface area contributed by atoms with Gasteiger partial charge in [-0.3, -0.25) is 9.78 Å². The average Bonchev–Trinajstić information content (AvgIpc) is 2.97. The molecule has 0 unspecified atom stereocenters. The molecular weight excluding hydrogens is 520 g/mol. The highest BCUT2D eigenvalue weighted by atomic mass is 35.5. The Morgan fingerprint density at radius 2 is 1.47 bits per heavy atom. The number of rotatable bonds is 7. The lowest BCUT2D eigenvalue weighted by molar-refractivity contribution is -0.0254. The zero-order valence-electron chi connectivity index (χ0n) is 20.6. The molecule has 1 atom stereocenters. The van der Waals surface area contributed by atoms with Crippen molar-refractivity contribution >= 4 is 27.3 Å². The lowest BCUT2D eigenvalue weighted by Crippen LogP contribution is -2.41. The summed E-state index contributed by atoms with van der Waals surface area (Å²) in [6.07, 6.45) is 2.74. The van der Waals surface area contributed by atoms with Gasteiger partial charge in [-0.25, -0.2) is 8.42 Å². The highest BCUT2D eigenvalue weighted by Gasteiger charge is 2.28. The number of hydrogen-bond donors (Lipinski definition) is 0. The van der Waals surface area contributed by atoms with Crippen LogP contribution in [-0.2, 0) is 14.6 Å². The summed E-state index contributed by atoms with van der Waals surface area (Å²) < 4.78 is 32.2. The first kappa shape index (κ1) is 26.1. The molecule has 1 aliphatic rings. The van der Waals surface area contributed by atoms with Gasteiger partial charge >= 0.3 is 0 Å². The van der Waals surface area contributed by atoms with E-state index >= 15 is 0 Å². The number of carbonyl (C=O) groups excluding carboxylic acids is 1. The van der Waals surface area contributed by atoms with Crippen molar-refractivity contribution in [2.75, 3.05) is 13.1 Å². The van der Waals surface area contributed by atoms with Crippen LogP contribution in [0.5, 0.6) is 0 Å². The minimum absolute atomic E-state index is 0.0416. The van der Waals surface area contributed by atoms with Gasteiger partial charge in [-0.15, -0.1) is 0 Å². The van der Waals surface area contributed by atoms with Crippen molar-refractivity contribution in [2.24, 2.45) is 0 Å². The summed E-state index contributed by atoms with van der Waals surface area (Å²) in [7, 11) is -3.63. The fourth-order valence-electron chi connectivity index (χ4n) is 4.57. The van der Waals surface area contributed by atoms with Gasteiger partial charge in [-0.1, -0.05) is 48.0 Å². The van der Waals surface area contributed by atoms with Crippen molar-refractivity contribution in [3.63, 3.8) is 0 Å². The predicted molar refractivity (Wildman–Crippen MR) is 146 cm³/mol. The molecule has 2 heterocycles. The molecule has 0 aliphatic carbocycles. The highest BCUT2D eigenvalue weighted by Crippen LogP contribution is 2.30. The fourth-order valence-corrected chi connectivity index (χ4v) is 5.98. The van der Waals surface area contributed by atoms with Crippen LogP contribution in [0.25, 0.3) is 0 Å². The van der Waals surface area contributed by atoms with Gasteiger partial charge in [0.15, 0.2) is 0 Å². The molecule has 1 fully saturated rings. The molecule has 0 N–H and O–H groups in total. The van der Waals surface area contributed by atoms with Crippen molar-refractivity contribution in [1.29, 1.82) is 0 Å². The maximum absolute atomic E-state index is 13.1. The summed E-state index contributed by atoms with van der Waals surface area (Å²) >= 11 is 6.09. The van der Waals surface area contributed by atoms with Crippen molar-refractivity contribution in [3.05, 3.63) is 125 Å². The number of benzene rings is 3. The van der Waals surface area contributed by atoms with Crippen LogP contribution >= 0.6 is 11.6 Å². The Labute approximate surface area is 227 Å². The van der Waals surface area contributed by atoms with E-state index in [1.807, 2.05) is 42.5 Å². The number of aromatic nitrogens is 1. The standard InChI is InChI=1S/C30H27ClN2O4S/c31-24-13-9-22(10-14-24)29(28-8-4-5-19-32-28)37-25-17-20-33(21-18-25)30(34)23-11-15-27(16-12-23)38(35,36)26-6-2-1-3-7-26/h1-16,19,25,29H,17-18,20-21H2/t29-/m0/s1. The van der Waals surface area contributed by atoms with Crippen molar-refractivity contribution in [3.8, 4) is 0 Å². The summed E-state index contributed by atoms with van der Waals surface area (Å²) in [4.78, 5) is 19.8. The van der Waals surface area contributed by atoms with E-state index in [9.17, 15) is 13.2 Å². The number of ether oxygens (including phenoxy) is 1. The van der Waals surface area contributed by atoms with Crippen LogP contribution in [-0.4, -0.2) is 43.4 Å². The summed E-state index contributed by atoms with van der Waals surface area (Å²) in [6.45, 7) is 1.09. The molecule has 1 aromatic heterocycles. The smallest absolute Gasteiger partial charge is 0.253 e. The Hall–Kier alpha value is -3.52. The van der Waals surface area contributed by atoms with E-state index in [1.54, 1.807) is 53.6 Å². The Kier molecular flexibility index (Phi) is 7.88. The molecular formula is C30H27ClN2O4S. The molecule has 1 saturated heterocycles. The summed E-state index contributed by atoms with van der Waals surface area (Å²) in [5, 5.41) is 0.658. The fraction of sp³-hybridized carbons (Fsp3) is 0.200. The number of nitrogens with zero attached hydrogens (tertiary/aromatic N) is 2. The third kappa shape index (κ3) is 5.80. The molecule has 0 spiro atoms. The molecule has 8 heteroatoms. The lowest BCUT2D eigenvalue weighted by Gasteiger charge is -2.34. The molecule has 6 nitrogen and oxygen atoms in total. The third-order valence-corrected chi connectivity index (χ3v) is 8.69. The SMILES string of the molecule is O=C(c1ccc(S(=O)(=O)c2ccccc2)cc1)N1CCC(O[C@@H](c2ccc(Cl)cc2)c2ccccn2)CC1. The van der Waals surface area contributed by atoms with E-state index < -0.39 is 9.84 Å². The average molecular weight is 547 g/mol. The number of pyridine rings is 1. The van der Waals surface area contributed by atoms with E-state index in [1.165, 1.54) is 12.1 Å². The van der Waals surface area contributed by atoms with Crippen LogP contribution in [0.15, 0.2) is 113 Å². The lowest BCUT2D eigenvalue weighted by atomic mass is 10.0.